The molecular formula is C28H18ClF7N6O4. The fourth-order valence-electron chi connectivity index (χ4n) is 4.63. The lowest BCUT2D eigenvalue weighted by molar-refractivity contribution is -0.615. The van der Waals surface area contributed by atoms with Crippen molar-refractivity contribution >= 4 is 17.6 Å². The lowest BCUT2D eigenvalue weighted by Crippen LogP contribution is -2.36. The molecule has 0 amide bonds. The van der Waals surface area contributed by atoms with Crippen LogP contribution in [0.3, 0.4) is 0 Å². The van der Waals surface area contributed by atoms with Gasteiger partial charge in [-0.15, -0.1) is 5.10 Å². The molecule has 0 saturated carbocycles. The van der Waals surface area contributed by atoms with E-state index in [0.29, 0.717) is 16.4 Å². The van der Waals surface area contributed by atoms with E-state index in [9.17, 15) is 36.3 Å². The molecule has 5 rings (SSSR count). The molecule has 3 aromatic heterocycles. The zero-order valence-corrected chi connectivity index (χ0v) is 23.6. The first kappa shape index (κ1) is 32.4. The Morgan fingerprint density at radius 2 is 1.80 bits per heavy atom. The second kappa shape index (κ2) is 12.8. The molecule has 5 aromatic rings. The SMILES string of the molecule is O=C(O)c1ccc(-c2cnn(C(CCOC(F)F)c3ccc(-c4c(-n5cc(C(F)(F)F)nn5)ccc(Cl)c4F)c[n+]3[O-])c2)cc1F. The van der Waals surface area contributed by atoms with Crippen LogP contribution in [0.25, 0.3) is 27.9 Å². The summed E-state index contributed by atoms with van der Waals surface area (Å²) in [6.07, 6.45) is -0.986. The molecule has 46 heavy (non-hydrogen) atoms. The summed E-state index contributed by atoms with van der Waals surface area (Å²) in [5.74, 6) is -3.56. The van der Waals surface area contributed by atoms with Crippen molar-refractivity contribution in [2.45, 2.75) is 25.3 Å². The van der Waals surface area contributed by atoms with Crippen LogP contribution >= 0.6 is 11.6 Å². The molecule has 1 N–H and O–H groups in total. The quantitative estimate of drug-likeness (QED) is 0.105. The van der Waals surface area contributed by atoms with E-state index in [1.807, 2.05) is 0 Å². The van der Waals surface area contributed by atoms with Crippen molar-refractivity contribution in [2.24, 2.45) is 0 Å². The van der Waals surface area contributed by atoms with Gasteiger partial charge in [0, 0.05) is 24.2 Å². The van der Waals surface area contributed by atoms with E-state index < -0.39 is 59.3 Å². The number of halogens is 8. The van der Waals surface area contributed by atoms with Crippen LogP contribution in [0.1, 0.15) is 34.2 Å². The fraction of sp³-hybridized carbons (Fsp3) is 0.179. The van der Waals surface area contributed by atoms with Gasteiger partial charge in [0.2, 0.25) is 5.69 Å². The summed E-state index contributed by atoms with van der Waals surface area (Å²) in [7, 11) is 0. The lowest BCUT2D eigenvalue weighted by atomic mass is 10.0. The fourth-order valence-corrected chi connectivity index (χ4v) is 4.78. The third-order valence-electron chi connectivity index (χ3n) is 6.77. The molecule has 2 aromatic carbocycles. The van der Waals surface area contributed by atoms with Crippen LogP contribution in [0, 0.1) is 16.8 Å². The van der Waals surface area contributed by atoms with E-state index in [1.165, 1.54) is 41.3 Å². The zero-order chi connectivity index (χ0) is 33.3. The number of pyridine rings is 1. The average molecular weight is 671 g/mol. The first-order valence-corrected chi connectivity index (χ1v) is 13.3. The molecule has 1 unspecified atom stereocenters. The van der Waals surface area contributed by atoms with E-state index in [2.05, 4.69) is 20.1 Å². The molecular weight excluding hydrogens is 653 g/mol. The van der Waals surface area contributed by atoms with E-state index in [1.54, 1.807) is 0 Å². The highest BCUT2D eigenvalue weighted by molar-refractivity contribution is 6.31. The van der Waals surface area contributed by atoms with Gasteiger partial charge < -0.3 is 15.1 Å². The van der Waals surface area contributed by atoms with Gasteiger partial charge in [0.15, 0.2) is 17.7 Å². The van der Waals surface area contributed by atoms with Crippen molar-refractivity contribution in [3.05, 3.63) is 106 Å². The minimum absolute atomic E-state index is 0.0900. The first-order chi connectivity index (χ1) is 21.7. The highest BCUT2D eigenvalue weighted by Gasteiger charge is 2.35. The van der Waals surface area contributed by atoms with E-state index >= 15 is 4.39 Å². The van der Waals surface area contributed by atoms with Gasteiger partial charge in [-0.1, -0.05) is 22.9 Å². The van der Waals surface area contributed by atoms with Crippen LogP contribution in [-0.4, -0.2) is 49.1 Å². The lowest BCUT2D eigenvalue weighted by Gasteiger charge is -2.18. The van der Waals surface area contributed by atoms with E-state index in [0.717, 1.165) is 24.4 Å². The molecule has 3 heterocycles. The van der Waals surface area contributed by atoms with Gasteiger partial charge in [-0.25, -0.2) is 18.3 Å². The van der Waals surface area contributed by atoms with Gasteiger partial charge in [-0.3, -0.25) is 4.68 Å². The summed E-state index contributed by atoms with van der Waals surface area (Å²) < 4.78 is 101. The Morgan fingerprint density at radius 1 is 1.07 bits per heavy atom. The molecule has 10 nitrogen and oxygen atoms in total. The van der Waals surface area contributed by atoms with Crippen molar-refractivity contribution in [1.29, 1.82) is 0 Å². The van der Waals surface area contributed by atoms with Crippen molar-refractivity contribution in [1.82, 2.24) is 24.8 Å². The van der Waals surface area contributed by atoms with Crippen molar-refractivity contribution < 1.29 is 50.1 Å². The van der Waals surface area contributed by atoms with E-state index in [4.69, 9.17) is 16.7 Å². The Bertz CT molecular complexity index is 1910. The molecule has 0 bridgehead atoms. The van der Waals surface area contributed by atoms with E-state index in [-0.39, 0.29) is 39.2 Å². The summed E-state index contributed by atoms with van der Waals surface area (Å²) in [6.45, 7) is -3.66. The van der Waals surface area contributed by atoms with Gasteiger partial charge in [0.1, 0.15) is 11.9 Å². The summed E-state index contributed by atoms with van der Waals surface area (Å²) in [5, 5.41) is 32.7. The molecule has 0 aliphatic heterocycles. The number of aromatic nitrogens is 6. The average Bonchev–Trinajstić information content (AvgIpc) is 3.68. The number of aromatic carboxylic acids is 1. The molecule has 0 radical (unpaired) electrons. The summed E-state index contributed by atoms with van der Waals surface area (Å²) in [5.41, 5.74) is -2.21. The maximum atomic E-state index is 15.3. The predicted octanol–water partition coefficient (Wildman–Crippen LogP) is 6.30. The van der Waals surface area contributed by atoms with Crippen molar-refractivity contribution in [3.8, 4) is 27.9 Å². The third-order valence-corrected chi connectivity index (χ3v) is 7.06. The van der Waals surface area contributed by atoms with Crippen LogP contribution < -0.4 is 4.73 Å². The largest absolute Gasteiger partial charge is 0.618 e. The smallest absolute Gasteiger partial charge is 0.436 e. The van der Waals surface area contributed by atoms with Crippen molar-refractivity contribution in [3.63, 3.8) is 0 Å². The zero-order valence-electron chi connectivity index (χ0n) is 22.8. The number of carbonyl (C=O) groups is 1. The number of carboxylic acid groups (broad SMARTS) is 1. The van der Waals surface area contributed by atoms with Gasteiger partial charge in [-0.2, -0.15) is 31.8 Å². The van der Waals surface area contributed by atoms with Gasteiger partial charge in [0.25, 0.3) is 0 Å². The number of hydrogen-bond donors (Lipinski definition) is 1. The Morgan fingerprint density at radius 3 is 2.43 bits per heavy atom. The number of benzene rings is 2. The first-order valence-electron chi connectivity index (χ1n) is 12.9. The molecule has 0 spiro atoms. The Balaban J connectivity index is 1.54. The minimum atomic E-state index is -4.84. The molecule has 240 valence electrons. The minimum Gasteiger partial charge on any atom is -0.618 e. The summed E-state index contributed by atoms with van der Waals surface area (Å²) >= 11 is 5.95. The van der Waals surface area contributed by atoms with Crippen LogP contribution in [-0.2, 0) is 10.9 Å². The molecule has 0 fully saturated rings. The van der Waals surface area contributed by atoms with Crippen LogP contribution in [0.15, 0.2) is 67.3 Å². The second-order valence-electron chi connectivity index (χ2n) is 9.61. The standard InChI is InChI=1S/C28H18ClF7N6O4/c29-18-4-6-22(41-13-23(38-39-41)28(34,35)36)24(25(18)31)15-2-5-21(42(45)12-15)20(7-8-46-27(32)33)40-11-16(10-37-40)14-1-3-17(26(43)44)19(30)9-14/h1-6,9-13,20,27H,7-8H2,(H,43,44). The number of alkyl halides is 5. The maximum absolute atomic E-state index is 15.3. The second-order valence-corrected chi connectivity index (χ2v) is 10.0. The van der Waals surface area contributed by atoms with Crippen LogP contribution in [0.5, 0.6) is 0 Å². The number of hydrogen-bond acceptors (Lipinski definition) is 6. The molecule has 1 atom stereocenters. The molecule has 0 aliphatic carbocycles. The highest BCUT2D eigenvalue weighted by Crippen LogP contribution is 2.35. The topological polar surface area (TPSA) is 122 Å². The maximum Gasteiger partial charge on any atom is 0.436 e. The monoisotopic (exact) mass is 670 g/mol. The number of rotatable bonds is 10. The highest BCUT2D eigenvalue weighted by atomic mass is 35.5. The van der Waals surface area contributed by atoms with Gasteiger partial charge in [-0.05, 0) is 35.9 Å². The van der Waals surface area contributed by atoms with Crippen molar-refractivity contribution in [2.75, 3.05) is 6.61 Å². The van der Waals surface area contributed by atoms with Gasteiger partial charge in [0.05, 0.1) is 46.4 Å². The summed E-state index contributed by atoms with van der Waals surface area (Å²) in [6, 6.07) is 7.02. The Labute approximate surface area is 258 Å². The summed E-state index contributed by atoms with van der Waals surface area (Å²) in [4.78, 5) is 11.1. The number of ether oxygens (including phenoxy) is 1. The van der Waals surface area contributed by atoms with Gasteiger partial charge >= 0.3 is 18.8 Å². The Kier molecular flexibility index (Phi) is 8.98. The predicted molar refractivity (Wildman–Crippen MR) is 145 cm³/mol. The van der Waals surface area contributed by atoms with Crippen LogP contribution in [0.4, 0.5) is 30.7 Å². The van der Waals surface area contributed by atoms with Crippen LogP contribution in [0.2, 0.25) is 5.02 Å². The number of nitrogens with zero attached hydrogens (tertiary/aromatic N) is 6. The molecule has 0 saturated heterocycles. The Hall–Kier alpha value is -5.03. The number of carboxylic acids is 1. The molecule has 18 heteroatoms. The normalized spacial score (nSPS) is 12.5. The molecule has 0 aliphatic rings. The third kappa shape index (κ3) is 6.64.